The molecule has 2 N–H and O–H groups in total. The molecule has 10 heteroatoms. The summed E-state index contributed by atoms with van der Waals surface area (Å²) in [6, 6.07) is 10.7. The molecular formula is C22H24FN5O4. The molecule has 4 rings (SSSR count). The maximum atomic E-state index is 13.3. The van der Waals surface area contributed by atoms with E-state index < -0.39 is 6.03 Å². The third-order valence-corrected chi connectivity index (χ3v) is 5.15. The Hall–Kier alpha value is -3.82. The van der Waals surface area contributed by atoms with Crippen molar-refractivity contribution < 1.29 is 18.7 Å². The molecule has 1 fully saturated rings. The van der Waals surface area contributed by atoms with Gasteiger partial charge in [-0.25, -0.2) is 18.7 Å². The fraction of sp³-hybridized carbons (Fsp3) is 0.318. The van der Waals surface area contributed by atoms with Crippen molar-refractivity contribution in [1.82, 2.24) is 19.7 Å². The first-order valence-electron chi connectivity index (χ1n) is 10.2. The molecule has 0 saturated heterocycles. The molecule has 2 aromatic carbocycles. The van der Waals surface area contributed by atoms with Crippen LogP contribution in [0.5, 0.6) is 11.5 Å². The van der Waals surface area contributed by atoms with Crippen molar-refractivity contribution in [2.75, 3.05) is 26.1 Å². The second kappa shape index (κ2) is 9.13. The zero-order valence-corrected chi connectivity index (χ0v) is 17.8. The Morgan fingerprint density at radius 3 is 2.56 bits per heavy atom. The van der Waals surface area contributed by atoms with E-state index in [1.165, 1.54) is 31.0 Å². The minimum Gasteiger partial charge on any atom is -0.493 e. The Labute approximate surface area is 183 Å². The Bertz CT molecular complexity index is 1170. The number of para-hydroxylation sites is 1. The minimum absolute atomic E-state index is 0.105. The van der Waals surface area contributed by atoms with E-state index in [0.29, 0.717) is 28.6 Å². The van der Waals surface area contributed by atoms with E-state index in [-0.39, 0.29) is 30.6 Å². The standard InChI is InChI=1S/C22H24FN5O4/c1-31-18-5-3-4-17(19(18)32-2)25-21(29)24-12-13-27-22(30)28(16-10-11-16)20(26-27)14-6-8-15(23)9-7-14/h3-9,16H,10-13H2,1-2H3,(H2,24,25,29). The van der Waals surface area contributed by atoms with Crippen LogP contribution in [0.4, 0.5) is 14.9 Å². The Morgan fingerprint density at radius 1 is 1.16 bits per heavy atom. The van der Waals surface area contributed by atoms with Gasteiger partial charge in [0.25, 0.3) is 0 Å². The molecule has 1 saturated carbocycles. The highest BCUT2D eigenvalue weighted by Crippen LogP contribution is 2.36. The number of carbonyl (C=O) groups excluding carboxylic acids is 1. The van der Waals surface area contributed by atoms with Gasteiger partial charge in [-0.15, -0.1) is 5.10 Å². The third-order valence-electron chi connectivity index (χ3n) is 5.15. The molecule has 0 aliphatic heterocycles. The van der Waals surface area contributed by atoms with Gasteiger partial charge in [0.2, 0.25) is 0 Å². The molecule has 3 aromatic rings. The molecule has 1 heterocycles. The average Bonchev–Trinajstić information content (AvgIpc) is 3.58. The molecule has 32 heavy (non-hydrogen) atoms. The number of ether oxygens (including phenoxy) is 2. The fourth-order valence-electron chi connectivity index (χ4n) is 3.45. The second-order valence-corrected chi connectivity index (χ2v) is 7.36. The van der Waals surface area contributed by atoms with Crippen molar-refractivity contribution in [2.24, 2.45) is 0 Å². The van der Waals surface area contributed by atoms with Crippen molar-refractivity contribution in [2.45, 2.75) is 25.4 Å². The number of hydrogen-bond acceptors (Lipinski definition) is 5. The van der Waals surface area contributed by atoms with Gasteiger partial charge in [0.15, 0.2) is 17.3 Å². The van der Waals surface area contributed by atoms with Gasteiger partial charge >= 0.3 is 11.7 Å². The first-order chi connectivity index (χ1) is 15.5. The molecule has 0 bridgehead atoms. The van der Waals surface area contributed by atoms with E-state index in [1.807, 2.05) is 0 Å². The summed E-state index contributed by atoms with van der Waals surface area (Å²) in [5, 5.41) is 9.86. The van der Waals surface area contributed by atoms with Gasteiger partial charge in [-0.2, -0.15) is 0 Å². The number of halogens is 1. The zero-order valence-electron chi connectivity index (χ0n) is 17.8. The average molecular weight is 441 g/mol. The number of benzene rings is 2. The van der Waals surface area contributed by atoms with Gasteiger partial charge in [-0.1, -0.05) is 6.07 Å². The summed E-state index contributed by atoms with van der Waals surface area (Å²) in [6.45, 7) is 0.373. The number of hydrogen-bond donors (Lipinski definition) is 2. The summed E-state index contributed by atoms with van der Waals surface area (Å²) in [7, 11) is 3.00. The van der Waals surface area contributed by atoms with Crippen LogP contribution in [0.25, 0.3) is 11.4 Å². The lowest BCUT2D eigenvalue weighted by molar-refractivity contribution is 0.251. The Kier molecular flexibility index (Phi) is 6.11. The molecule has 1 aliphatic rings. The van der Waals surface area contributed by atoms with Crippen molar-refractivity contribution in [1.29, 1.82) is 0 Å². The monoisotopic (exact) mass is 441 g/mol. The summed E-state index contributed by atoms with van der Waals surface area (Å²) in [6.07, 6.45) is 1.81. The second-order valence-electron chi connectivity index (χ2n) is 7.36. The number of amides is 2. The number of rotatable bonds is 8. The first kappa shape index (κ1) is 21.4. The van der Waals surface area contributed by atoms with Gasteiger partial charge in [0.05, 0.1) is 26.5 Å². The van der Waals surface area contributed by atoms with Gasteiger partial charge in [0.1, 0.15) is 5.82 Å². The fourth-order valence-corrected chi connectivity index (χ4v) is 3.45. The molecule has 0 unspecified atom stereocenters. The molecule has 0 atom stereocenters. The number of methoxy groups -OCH3 is 2. The van der Waals surface area contributed by atoms with Crippen LogP contribution in [0, 0.1) is 5.82 Å². The van der Waals surface area contributed by atoms with E-state index in [4.69, 9.17) is 9.47 Å². The van der Waals surface area contributed by atoms with Crippen molar-refractivity contribution in [3.63, 3.8) is 0 Å². The van der Waals surface area contributed by atoms with Gasteiger partial charge in [0, 0.05) is 18.2 Å². The summed E-state index contributed by atoms with van der Waals surface area (Å²) >= 11 is 0. The van der Waals surface area contributed by atoms with Crippen LogP contribution in [0.2, 0.25) is 0 Å². The highest BCUT2D eigenvalue weighted by atomic mass is 19.1. The maximum Gasteiger partial charge on any atom is 0.346 e. The van der Waals surface area contributed by atoms with Crippen molar-refractivity contribution in [3.05, 3.63) is 58.8 Å². The minimum atomic E-state index is -0.454. The smallest absolute Gasteiger partial charge is 0.346 e. The summed E-state index contributed by atoms with van der Waals surface area (Å²) in [5.41, 5.74) is 0.881. The number of nitrogens with zero attached hydrogens (tertiary/aromatic N) is 3. The molecular weight excluding hydrogens is 417 g/mol. The van der Waals surface area contributed by atoms with Gasteiger partial charge < -0.3 is 20.1 Å². The molecule has 1 aliphatic carbocycles. The molecule has 1 aromatic heterocycles. The van der Waals surface area contributed by atoms with E-state index in [1.54, 1.807) is 34.9 Å². The zero-order chi connectivity index (χ0) is 22.7. The molecule has 168 valence electrons. The molecule has 0 spiro atoms. The normalized spacial score (nSPS) is 13.0. The number of nitrogens with one attached hydrogen (secondary N) is 2. The van der Waals surface area contributed by atoms with Crippen LogP contribution in [-0.2, 0) is 6.54 Å². The van der Waals surface area contributed by atoms with Crippen LogP contribution in [0.3, 0.4) is 0 Å². The van der Waals surface area contributed by atoms with Crippen LogP contribution in [0.15, 0.2) is 47.3 Å². The SMILES string of the molecule is COc1cccc(NC(=O)NCCn2nc(-c3ccc(F)cc3)n(C3CC3)c2=O)c1OC. The summed E-state index contributed by atoms with van der Waals surface area (Å²) in [4.78, 5) is 25.2. The number of carbonyl (C=O) groups is 1. The molecule has 9 nitrogen and oxygen atoms in total. The number of aromatic nitrogens is 3. The highest BCUT2D eigenvalue weighted by molar-refractivity contribution is 5.91. The molecule has 2 amide bonds. The Balaban J connectivity index is 1.43. The van der Waals surface area contributed by atoms with Crippen LogP contribution >= 0.6 is 0 Å². The quantitative estimate of drug-likeness (QED) is 0.560. The largest absolute Gasteiger partial charge is 0.493 e. The number of anilines is 1. The van der Waals surface area contributed by atoms with Crippen LogP contribution in [-0.4, -0.2) is 41.1 Å². The summed E-state index contributed by atoms with van der Waals surface area (Å²) < 4.78 is 26.8. The highest BCUT2D eigenvalue weighted by Gasteiger charge is 2.30. The maximum absolute atomic E-state index is 13.3. The molecule has 0 radical (unpaired) electrons. The number of urea groups is 1. The van der Waals surface area contributed by atoms with E-state index >= 15 is 0 Å². The van der Waals surface area contributed by atoms with E-state index in [2.05, 4.69) is 15.7 Å². The summed E-state index contributed by atoms with van der Waals surface area (Å²) in [5.74, 6) is 1.06. The Morgan fingerprint density at radius 2 is 1.91 bits per heavy atom. The third kappa shape index (κ3) is 4.43. The van der Waals surface area contributed by atoms with Crippen molar-refractivity contribution in [3.8, 4) is 22.9 Å². The first-order valence-corrected chi connectivity index (χ1v) is 10.2. The van der Waals surface area contributed by atoms with E-state index in [0.717, 1.165) is 12.8 Å². The lowest BCUT2D eigenvalue weighted by Crippen LogP contribution is -2.34. The van der Waals surface area contributed by atoms with Gasteiger partial charge in [-0.05, 0) is 49.2 Å². The lowest BCUT2D eigenvalue weighted by atomic mass is 10.2. The predicted octanol–water partition coefficient (Wildman–Crippen LogP) is 3.02. The topological polar surface area (TPSA) is 99.4 Å². The van der Waals surface area contributed by atoms with Crippen molar-refractivity contribution >= 4 is 11.7 Å². The predicted molar refractivity (Wildman–Crippen MR) is 117 cm³/mol. The van der Waals surface area contributed by atoms with Crippen LogP contribution < -0.4 is 25.8 Å². The van der Waals surface area contributed by atoms with Gasteiger partial charge in [-0.3, -0.25) is 4.57 Å². The van der Waals surface area contributed by atoms with Crippen LogP contribution in [0.1, 0.15) is 18.9 Å². The lowest BCUT2D eigenvalue weighted by Gasteiger charge is -2.13. The van der Waals surface area contributed by atoms with E-state index in [9.17, 15) is 14.0 Å².